The summed E-state index contributed by atoms with van der Waals surface area (Å²) in [5, 5.41) is 9.31. The number of nitrogens with one attached hydrogen (secondary N) is 3. The number of amides is 3. The number of benzene rings is 2. The van der Waals surface area contributed by atoms with Crippen molar-refractivity contribution in [1.82, 2.24) is 10.2 Å². The molecule has 0 aromatic heterocycles. The molecule has 1 saturated carbocycles. The van der Waals surface area contributed by atoms with Gasteiger partial charge in [-0.1, -0.05) is 17.7 Å². The third kappa shape index (κ3) is 5.89. The lowest BCUT2D eigenvalue weighted by Gasteiger charge is -2.39. The number of piperidine rings is 1. The summed E-state index contributed by atoms with van der Waals surface area (Å²) in [6.07, 6.45) is 5.08. The van der Waals surface area contributed by atoms with Crippen LogP contribution >= 0.6 is 11.6 Å². The number of likely N-dealkylation sites (tertiary alicyclic amines) is 1. The molecule has 2 aromatic carbocycles. The van der Waals surface area contributed by atoms with Crippen molar-refractivity contribution in [3.8, 4) is 0 Å². The molecule has 1 heterocycles. The number of hydrogen-bond donors (Lipinski definition) is 3. The van der Waals surface area contributed by atoms with E-state index in [0.29, 0.717) is 27.5 Å². The van der Waals surface area contributed by atoms with Crippen LogP contribution in [0.2, 0.25) is 5.02 Å². The summed E-state index contributed by atoms with van der Waals surface area (Å²) in [5.74, 6) is -0.505. The maximum Gasteiger partial charge on any atom is 0.256 e. The van der Waals surface area contributed by atoms with E-state index in [4.69, 9.17) is 11.6 Å². The third-order valence-corrected chi connectivity index (χ3v) is 6.64. The first kappa shape index (κ1) is 24.1. The number of halogens is 1. The quantitative estimate of drug-likeness (QED) is 0.534. The van der Waals surface area contributed by atoms with Crippen LogP contribution in [0.15, 0.2) is 42.5 Å². The first-order valence-corrected chi connectivity index (χ1v) is 12.3. The molecule has 1 saturated heterocycles. The molecule has 0 spiro atoms. The SMILES string of the molecule is C[C@@H]1CCC[C@@H](C)N1C(=O)c1cc(Cl)ccc1NCC(=O)Nc1cccc(C(=O)NC2CC2)c1. The molecule has 34 heavy (non-hydrogen) atoms. The lowest BCUT2D eigenvalue weighted by atomic mass is 9.96. The second-order valence-corrected chi connectivity index (χ2v) is 9.70. The summed E-state index contributed by atoms with van der Waals surface area (Å²) < 4.78 is 0. The van der Waals surface area contributed by atoms with Crippen LogP contribution in [0.5, 0.6) is 0 Å². The molecule has 3 N–H and O–H groups in total. The second kappa shape index (κ2) is 10.5. The van der Waals surface area contributed by atoms with Gasteiger partial charge >= 0.3 is 0 Å². The Morgan fingerprint density at radius 3 is 2.44 bits per heavy atom. The van der Waals surface area contributed by atoms with Crippen molar-refractivity contribution in [2.24, 2.45) is 0 Å². The molecule has 180 valence electrons. The maximum absolute atomic E-state index is 13.4. The molecule has 2 aromatic rings. The fraction of sp³-hybridized carbons (Fsp3) is 0.423. The molecule has 2 aliphatic rings. The van der Waals surface area contributed by atoms with Crippen LogP contribution in [0.4, 0.5) is 11.4 Å². The molecule has 1 aliphatic carbocycles. The number of carbonyl (C=O) groups is 3. The predicted octanol–water partition coefficient (Wildman–Crippen LogP) is 4.69. The van der Waals surface area contributed by atoms with E-state index >= 15 is 0 Å². The van der Waals surface area contributed by atoms with Crippen molar-refractivity contribution >= 4 is 40.7 Å². The van der Waals surface area contributed by atoms with Gasteiger partial charge in [0, 0.05) is 40.1 Å². The van der Waals surface area contributed by atoms with Crippen molar-refractivity contribution < 1.29 is 14.4 Å². The Kier molecular flexibility index (Phi) is 7.41. The van der Waals surface area contributed by atoms with Crippen molar-refractivity contribution in [1.29, 1.82) is 0 Å². The first-order chi connectivity index (χ1) is 16.3. The Labute approximate surface area is 205 Å². The van der Waals surface area contributed by atoms with Crippen LogP contribution < -0.4 is 16.0 Å². The Bertz CT molecular complexity index is 1080. The molecule has 0 radical (unpaired) electrons. The Hall–Kier alpha value is -3.06. The predicted molar refractivity (Wildman–Crippen MR) is 134 cm³/mol. The lowest BCUT2D eigenvalue weighted by molar-refractivity contribution is -0.114. The monoisotopic (exact) mass is 482 g/mol. The van der Waals surface area contributed by atoms with Gasteiger partial charge in [0.25, 0.3) is 11.8 Å². The van der Waals surface area contributed by atoms with Crippen molar-refractivity contribution in [3.63, 3.8) is 0 Å². The van der Waals surface area contributed by atoms with Crippen LogP contribution in [0.25, 0.3) is 0 Å². The summed E-state index contributed by atoms with van der Waals surface area (Å²) in [6.45, 7) is 4.10. The summed E-state index contributed by atoms with van der Waals surface area (Å²) in [7, 11) is 0. The van der Waals surface area contributed by atoms with Crippen molar-refractivity contribution in [3.05, 3.63) is 58.6 Å². The summed E-state index contributed by atoms with van der Waals surface area (Å²) in [5.41, 5.74) is 2.07. The molecule has 3 amide bonds. The fourth-order valence-electron chi connectivity index (χ4n) is 4.42. The highest BCUT2D eigenvalue weighted by molar-refractivity contribution is 6.31. The van der Waals surface area contributed by atoms with Gasteiger partial charge in [0.1, 0.15) is 0 Å². The van der Waals surface area contributed by atoms with E-state index in [1.54, 1.807) is 42.5 Å². The molecule has 0 unspecified atom stereocenters. The van der Waals surface area contributed by atoms with Crippen LogP contribution in [0.1, 0.15) is 66.7 Å². The average molecular weight is 483 g/mol. The first-order valence-electron chi connectivity index (χ1n) is 11.9. The van der Waals surface area contributed by atoms with Gasteiger partial charge in [0.05, 0.1) is 12.1 Å². The van der Waals surface area contributed by atoms with Crippen molar-refractivity contribution in [2.75, 3.05) is 17.2 Å². The van der Waals surface area contributed by atoms with Gasteiger partial charge in [-0.05, 0) is 82.3 Å². The van der Waals surface area contributed by atoms with Gasteiger partial charge in [0.15, 0.2) is 0 Å². The number of hydrogen-bond acceptors (Lipinski definition) is 4. The molecule has 0 bridgehead atoms. The minimum Gasteiger partial charge on any atom is -0.375 e. The Balaban J connectivity index is 1.41. The van der Waals surface area contributed by atoms with E-state index < -0.39 is 0 Å². The van der Waals surface area contributed by atoms with Gasteiger partial charge in [0.2, 0.25) is 5.91 Å². The van der Waals surface area contributed by atoms with E-state index in [-0.39, 0.29) is 42.4 Å². The van der Waals surface area contributed by atoms with Gasteiger partial charge < -0.3 is 20.9 Å². The zero-order valence-corrected chi connectivity index (χ0v) is 20.3. The van der Waals surface area contributed by atoms with E-state index in [1.807, 2.05) is 4.90 Å². The normalized spacial score (nSPS) is 19.9. The number of rotatable bonds is 7. The van der Waals surface area contributed by atoms with Gasteiger partial charge in [-0.25, -0.2) is 0 Å². The standard InChI is InChI=1S/C26H31ClN4O3/c1-16-5-3-6-17(2)31(16)26(34)22-14-19(27)9-12-23(22)28-15-24(32)29-21-8-4-7-18(13-21)25(33)30-20-10-11-20/h4,7-9,12-14,16-17,20,28H,3,5-6,10-11,15H2,1-2H3,(H,29,32)(H,30,33)/t16-,17-/m1/s1. The van der Waals surface area contributed by atoms with Crippen LogP contribution in [0.3, 0.4) is 0 Å². The zero-order chi connectivity index (χ0) is 24.2. The molecule has 8 heteroatoms. The highest BCUT2D eigenvalue weighted by atomic mass is 35.5. The lowest BCUT2D eigenvalue weighted by Crippen LogP contribution is -2.47. The van der Waals surface area contributed by atoms with Crippen LogP contribution in [0, 0.1) is 0 Å². The Morgan fingerprint density at radius 1 is 1.00 bits per heavy atom. The highest BCUT2D eigenvalue weighted by Crippen LogP contribution is 2.29. The molecule has 7 nitrogen and oxygen atoms in total. The minimum atomic E-state index is -0.284. The van der Waals surface area contributed by atoms with Gasteiger partial charge in [-0.3, -0.25) is 14.4 Å². The minimum absolute atomic E-state index is 0.0362. The zero-order valence-electron chi connectivity index (χ0n) is 19.6. The number of anilines is 2. The summed E-state index contributed by atoms with van der Waals surface area (Å²) in [6, 6.07) is 12.5. The van der Waals surface area contributed by atoms with E-state index in [9.17, 15) is 14.4 Å². The Morgan fingerprint density at radius 2 is 1.74 bits per heavy atom. The van der Waals surface area contributed by atoms with E-state index in [2.05, 4.69) is 29.8 Å². The maximum atomic E-state index is 13.4. The summed E-state index contributed by atoms with van der Waals surface area (Å²) in [4.78, 5) is 40.2. The van der Waals surface area contributed by atoms with Gasteiger partial charge in [-0.15, -0.1) is 0 Å². The average Bonchev–Trinajstić information content (AvgIpc) is 3.62. The number of nitrogens with zero attached hydrogens (tertiary/aromatic N) is 1. The molecular weight excluding hydrogens is 452 g/mol. The molecule has 1 aliphatic heterocycles. The van der Waals surface area contributed by atoms with Crippen LogP contribution in [-0.4, -0.2) is 47.3 Å². The van der Waals surface area contributed by atoms with Gasteiger partial charge in [-0.2, -0.15) is 0 Å². The molecular formula is C26H31ClN4O3. The molecule has 4 rings (SSSR count). The largest absolute Gasteiger partial charge is 0.375 e. The smallest absolute Gasteiger partial charge is 0.256 e. The van der Waals surface area contributed by atoms with Crippen molar-refractivity contribution in [2.45, 2.75) is 64.1 Å². The van der Waals surface area contributed by atoms with Crippen LogP contribution in [-0.2, 0) is 4.79 Å². The summed E-state index contributed by atoms with van der Waals surface area (Å²) >= 11 is 6.21. The molecule has 2 fully saturated rings. The fourth-order valence-corrected chi connectivity index (χ4v) is 4.60. The van der Waals surface area contributed by atoms with E-state index in [1.165, 1.54) is 0 Å². The van der Waals surface area contributed by atoms with E-state index in [0.717, 1.165) is 32.1 Å². The second-order valence-electron chi connectivity index (χ2n) is 9.26. The third-order valence-electron chi connectivity index (χ3n) is 6.40. The number of carbonyl (C=O) groups excluding carboxylic acids is 3. The highest BCUT2D eigenvalue weighted by Gasteiger charge is 2.31. The topological polar surface area (TPSA) is 90.5 Å². The molecule has 2 atom stereocenters.